The number of phenolic OH excluding ortho intramolecular Hbond substituents is 1. The summed E-state index contributed by atoms with van der Waals surface area (Å²) in [4.78, 5) is 20.0. The van der Waals surface area contributed by atoms with Crippen molar-refractivity contribution in [1.29, 1.82) is 0 Å². The zero-order valence-corrected chi connectivity index (χ0v) is 16.3. The molecule has 4 rings (SSSR count). The molecule has 3 aromatic rings. The summed E-state index contributed by atoms with van der Waals surface area (Å²) in [5.41, 5.74) is -0.0475. The highest BCUT2D eigenvalue weighted by Gasteiger charge is 2.35. The van der Waals surface area contributed by atoms with E-state index in [1.807, 2.05) is 6.07 Å². The number of piperazine rings is 1. The number of carbonyl (C=O) groups excluding carboxylic acids is 1. The SMILES string of the molecule is O=C(Nc1ccn(-c2ncccc2C(F)(F)F)n1)N1CCN(c2cccc(O)c2)CC1. The first-order chi connectivity index (χ1) is 14.8. The van der Waals surface area contributed by atoms with Crippen LogP contribution in [-0.4, -0.2) is 57.0 Å². The molecule has 3 heterocycles. The van der Waals surface area contributed by atoms with Crippen molar-refractivity contribution < 1.29 is 23.1 Å². The van der Waals surface area contributed by atoms with Crippen LogP contribution in [-0.2, 0) is 6.18 Å². The van der Waals surface area contributed by atoms with Crippen LogP contribution in [0.5, 0.6) is 5.75 Å². The zero-order chi connectivity index (χ0) is 22.0. The fraction of sp³-hybridized carbons (Fsp3) is 0.250. The Kier molecular flexibility index (Phi) is 5.40. The predicted octanol–water partition coefficient (Wildman–Crippen LogP) is 3.35. The van der Waals surface area contributed by atoms with Crippen LogP contribution in [0.2, 0.25) is 0 Å². The molecule has 8 nitrogen and oxygen atoms in total. The van der Waals surface area contributed by atoms with Crippen molar-refractivity contribution in [2.75, 3.05) is 36.4 Å². The maximum absolute atomic E-state index is 13.2. The molecule has 0 spiro atoms. The highest BCUT2D eigenvalue weighted by atomic mass is 19.4. The zero-order valence-electron chi connectivity index (χ0n) is 16.3. The van der Waals surface area contributed by atoms with Crippen LogP contribution in [0.4, 0.5) is 29.5 Å². The summed E-state index contributed by atoms with van der Waals surface area (Å²) in [5, 5.41) is 16.2. The highest BCUT2D eigenvalue weighted by molar-refractivity contribution is 5.88. The summed E-state index contributed by atoms with van der Waals surface area (Å²) >= 11 is 0. The molecule has 2 aromatic heterocycles. The van der Waals surface area contributed by atoms with Crippen LogP contribution < -0.4 is 10.2 Å². The van der Waals surface area contributed by atoms with E-state index in [0.29, 0.717) is 26.2 Å². The molecule has 0 saturated carbocycles. The highest BCUT2D eigenvalue weighted by Crippen LogP contribution is 2.32. The molecule has 2 N–H and O–H groups in total. The first kappa shape index (κ1) is 20.5. The second-order valence-electron chi connectivity index (χ2n) is 6.94. The molecule has 0 aliphatic carbocycles. The van der Waals surface area contributed by atoms with Gasteiger partial charge in [0.25, 0.3) is 0 Å². The van der Waals surface area contributed by atoms with Gasteiger partial charge >= 0.3 is 12.2 Å². The average Bonchev–Trinajstić information content (AvgIpc) is 3.21. The van der Waals surface area contributed by atoms with Gasteiger partial charge in [0.1, 0.15) is 11.3 Å². The van der Waals surface area contributed by atoms with Gasteiger partial charge in [-0.1, -0.05) is 6.07 Å². The molecular formula is C20H19F3N6O2. The van der Waals surface area contributed by atoms with E-state index in [2.05, 4.69) is 20.3 Å². The quantitative estimate of drug-likeness (QED) is 0.663. The van der Waals surface area contributed by atoms with Gasteiger partial charge in [0, 0.05) is 56.4 Å². The van der Waals surface area contributed by atoms with Crippen molar-refractivity contribution in [3.05, 3.63) is 60.4 Å². The smallest absolute Gasteiger partial charge is 0.420 e. The maximum atomic E-state index is 13.2. The Bertz CT molecular complexity index is 1080. The first-order valence-electron chi connectivity index (χ1n) is 9.49. The number of benzene rings is 1. The number of hydrogen-bond acceptors (Lipinski definition) is 5. The minimum Gasteiger partial charge on any atom is -0.508 e. The molecule has 1 fully saturated rings. The van der Waals surface area contributed by atoms with E-state index in [4.69, 9.17) is 0 Å². The molecule has 162 valence electrons. The van der Waals surface area contributed by atoms with E-state index in [9.17, 15) is 23.1 Å². The Morgan fingerprint density at radius 3 is 2.55 bits per heavy atom. The van der Waals surface area contributed by atoms with Crippen LogP contribution in [0, 0.1) is 0 Å². The third-order valence-corrected chi connectivity index (χ3v) is 4.89. The van der Waals surface area contributed by atoms with Crippen LogP contribution in [0.3, 0.4) is 0 Å². The van der Waals surface area contributed by atoms with E-state index >= 15 is 0 Å². The van der Waals surface area contributed by atoms with Crippen LogP contribution in [0.25, 0.3) is 5.82 Å². The summed E-state index contributed by atoms with van der Waals surface area (Å²) in [6.45, 7) is 2.05. The van der Waals surface area contributed by atoms with Crippen molar-refractivity contribution in [1.82, 2.24) is 19.7 Å². The number of halogens is 3. The third-order valence-electron chi connectivity index (χ3n) is 4.89. The molecule has 0 unspecified atom stereocenters. The van der Waals surface area contributed by atoms with E-state index < -0.39 is 17.8 Å². The number of aromatic hydroxyl groups is 1. The fourth-order valence-electron chi connectivity index (χ4n) is 3.36. The van der Waals surface area contributed by atoms with Gasteiger partial charge in [0.05, 0.1) is 0 Å². The normalized spacial score (nSPS) is 14.5. The Balaban J connectivity index is 1.39. The summed E-state index contributed by atoms with van der Waals surface area (Å²) in [6.07, 6.45) is -2.02. The molecule has 11 heteroatoms. The lowest BCUT2D eigenvalue weighted by atomic mass is 10.2. The van der Waals surface area contributed by atoms with Crippen LogP contribution in [0.15, 0.2) is 54.9 Å². The Labute approximate surface area is 175 Å². The largest absolute Gasteiger partial charge is 0.508 e. The van der Waals surface area contributed by atoms with Crippen molar-refractivity contribution in [2.45, 2.75) is 6.18 Å². The minimum atomic E-state index is -4.58. The summed E-state index contributed by atoms with van der Waals surface area (Å²) < 4.78 is 40.6. The predicted molar refractivity (Wildman–Crippen MR) is 107 cm³/mol. The fourth-order valence-corrected chi connectivity index (χ4v) is 3.36. The number of rotatable bonds is 3. The molecular weight excluding hydrogens is 413 g/mol. The van der Waals surface area contributed by atoms with Crippen LogP contribution >= 0.6 is 0 Å². The van der Waals surface area contributed by atoms with Gasteiger partial charge in [-0.3, -0.25) is 5.32 Å². The van der Waals surface area contributed by atoms with Gasteiger partial charge in [-0.25, -0.2) is 14.5 Å². The van der Waals surface area contributed by atoms with Gasteiger partial charge in [0.15, 0.2) is 11.6 Å². The third kappa shape index (κ3) is 4.55. The number of aromatic nitrogens is 3. The molecule has 0 bridgehead atoms. The van der Waals surface area contributed by atoms with Gasteiger partial charge in [0.2, 0.25) is 0 Å². The molecule has 1 saturated heterocycles. The van der Waals surface area contributed by atoms with Gasteiger partial charge in [-0.2, -0.15) is 13.2 Å². The summed E-state index contributed by atoms with van der Waals surface area (Å²) in [7, 11) is 0. The number of nitrogens with one attached hydrogen (secondary N) is 1. The lowest BCUT2D eigenvalue weighted by Gasteiger charge is -2.35. The summed E-state index contributed by atoms with van der Waals surface area (Å²) in [6, 6.07) is 10.0. The molecule has 1 aliphatic heterocycles. The number of carbonyl (C=O) groups is 1. The number of hydrogen-bond donors (Lipinski definition) is 2. The molecule has 2 amide bonds. The molecule has 31 heavy (non-hydrogen) atoms. The number of pyridine rings is 1. The number of anilines is 2. The first-order valence-corrected chi connectivity index (χ1v) is 9.49. The molecule has 0 atom stereocenters. The van der Waals surface area contributed by atoms with Crippen molar-refractivity contribution in [2.24, 2.45) is 0 Å². The second kappa shape index (κ2) is 8.17. The maximum Gasteiger partial charge on any atom is 0.420 e. The number of alkyl halides is 3. The minimum absolute atomic E-state index is 0.124. The lowest BCUT2D eigenvalue weighted by Crippen LogP contribution is -2.50. The van der Waals surface area contributed by atoms with Gasteiger partial charge < -0.3 is 14.9 Å². The number of amides is 2. The van der Waals surface area contributed by atoms with E-state index in [1.54, 1.807) is 23.1 Å². The van der Waals surface area contributed by atoms with E-state index in [1.165, 1.54) is 24.5 Å². The van der Waals surface area contributed by atoms with Crippen molar-refractivity contribution >= 4 is 17.5 Å². The molecule has 1 aliphatic rings. The second-order valence-corrected chi connectivity index (χ2v) is 6.94. The number of phenols is 1. The van der Waals surface area contributed by atoms with Gasteiger partial charge in [-0.05, 0) is 24.3 Å². The number of urea groups is 1. The number of nitrogens with zero attached hydrogens (tertiary/aromatic N) is 5. The van der Waals surface area contributed by atoms with E-state index in [0.717, 1.165) is 16.4 Å². The molecule has 1 aromatic carbocycles. The van der Waals surface area contributed by atoms with Crippen LogP contribution in [0.1, 0.15) is 5.56 Å². The monoisotopic (exact) mass is 432 g/mol. The van der Waals surface area contributed by atoms with Crippen molar-refractivity contribution in [3.63, 3.8) is 0 Å². The average molecular weight is 432 g/mol. The molecule has 0 radical (unpaired) electrons. The topological polar surface area (TPSA) is 86.5 Å². The van der Waals surface area contributed by atoms with Gasteiger partial charge in [-0.15, -0.1) is 5.10 Å². The summed E-state index contributed by atoms with van der Waals surface area (Å²) in [5.74, 6) is -0.0655. The van der Waals surface area contributed by atoms with E-state index in [-0.39, 0.29) is 17.4 Å². The van der Waals surface area contributed by atoms with Crippen molar-refractivity contribution in [3.8, 4) is 11.6 Å². The standard InChI is InChI=1S/C20H19F3N6O2/c21-20(22,23)16-5-2-7-24-18(16)29-8-6-17(26-29)25-19(31)28-11-9-27(10-12-28)14-3-1-4-15(30)13-14/h1-8,13,30H,9-12H2,(H,25,26,31). The Hall–Kier alpha value is -3.76. The Morgan fingerprint density at radius 1 is 1.06 bits per heavy atom. The lowest BCUT2D eigenvalue weighted by molar-refractivity contribution is -0.137. The Morgan fingerprint density at radius 2 is 1.84 bits per heavy atom.